The van der Waals surface area contributed by atoms with Gasteiger partial charge in [-0.25, -0.2) is 8.42 Å². The highest BCUT2D eigenvalue weighted by Crippen LogP contribution is 2.23. The predicted molar refractivity (Wildman–Crippen MR) is 107 cm³/mol. The zero-order valence-electron chi connectivity index (χ0n) is 15.8. The summed E-state index contributed by atoms with van der Waals surface area (Å²) in [6, 6.07) is 6.03. The molecule has 0 spiro atoms. The highest BCUT2D eigenvalue weighted by Gasteiger charge is 2.40. The van der Waals surface area contributed by atoms with E-state index >= 15 is 0 Å². The van der Waals surface area contributed by atoms with Crippen LogP contribution in [0, 0.1) is 0 Å². The third-order valence-electron chi connectivity index (χ3n) is 4.51. The molecule has 2 atom stereocenters. The van der Waals surface area contributed by atoms with Crippen molar-refractivity contribution in [3.05, 3.63) is 29.8 Å². The summed E-state index contributed by atoms with van der Waals surface area (Å²) in [5.41, 5.74) is -0.459. The minimum absolute atomic E-state index is 0.0623. The van der Waals surface area contributed by atoms with Gasteiger partial charge in [-0.15, -0.1) is 0 Å². The van der Waals surface area contributed by atoms with Crippen molar-refractivity contribution in [2.45, 2.75) is 31.3 Å². The first-order chi connectivity index (χ1) is 12.7. The van der Waals surface area contributed by atoms with Crippen molar-refractivity contribution < 1.29 is 22.7 Å². The zero-order valence-corrected chi connectivity index (χ0v) is 17.4. The molecular weight excluding hydrogens is 388 g/mol. The van der Waals surface area contributed by atoms with Gasteiger partial charge in [0.2, 0.25) is 5.91 Å². The molecule has 0 aromatic heterocycles. The van der Waals surface area contributed by atoms with E-state index in [-0.39, 0.29) is 17.4 Å². The topological polar surface area (TPSA) is 102 Å². The first-order valence-electron chi connectivity index (χ1n) is 8.65. The van der Waals surface area contributed by atoms with Gasteiger partial charge in [0.25, 0.3) is 5.91 Å². The van der Waals surface area contributed by atoms with Gasteiger partial charge in [-0.1, -0.05) is 12.1 Å². The summed E-state index contributed by atoms with van der Waals surface area (Å²) in [4.78, 5) is 25.4. The molecule has 0 saturated carbocycles. The van der Waals surface area contributed by atoms with E-state index in [4.69, 9.17) is 4.74 Å². The lowest BCUT2D eigenvalue weighted by atomic mass is 10.0. The Balaban J connectivity index is 2.12. The molecule has 1 heterocycles. The van der Waals surface area contributed by atoms with E-state index in [2.05, 4.69) is 10.6 Å². The second-order valence-corrected chi connectivity index (χ2v) is 10.1. The molecule has 7 nitrogen and oxygen atoms in total. The number of carbonyl (C=O) groups excluding carboxylic acids is 2. The number of nitrogens with one attached hydrogen (secondary N) is 2. The standard InChI is InChI=1S/C18H26N2O5S2/c1-18(9-11-27(23,24)12-18)20-17(22)14(8-10-26-3)19-16(21)13-6-4-5-7-15(13)25-2/h4-7,14H,8-12H2,1-3H3,(H,19,21)(H,20,22)/t14-,18-/m0/s1. The number of sulfone groups is 1. The van der Waals surface area contributed by atoms with Crippen molar-refractivity contribution in [2.24, 2.45) is 0 Å². The number of thioether (sulfide) groups is 1. The Bertz CT molecular complexity index is 797. The van der Waals surface area contributed by atoms with Gasteiger partial charge in [-0.05, 0) is 43.9 Å². The summed E-state index contributed by atoms with van der Waals surface area (Å²) >= 11 is 1.57. The Labute approximate surface area is 164 Å². The Morgan fingerprint density at radius 1 is 1.33 bits per heavy atom. The van der Waals surface area contributed by atoms with Crippen molar-refractivity contribution in [1.29, 1.82) is 0 Å². The summed E-state index contributed by atoms with van der Waals surface area (Å²) in [5, 5.41) is 5.59. The number of methoxy groups -OCH3 is 1. The molecule has 27 heavy (non-hydrogen) atoms. The van der Waals surface area contributed by atoms with Gasteiger partial charge >= 0.3 is 0 Å². The monoisotopic (exact) mass is 414 g/mol. The van der Waals surface area contributed by atoms with E-state index in [1.54, 1.807) is 43.0 Å². The number of carbonyl (C=O) groups is 2. The first kappa shape index (κ1) is 21.6. The fraction of sp³-hybridized carbons (Fsp3) is 0.556. The zero-order chi connectivity index (χ0) is 20.1. The Morgan fingerprint density at radius 3 is 2.63 bits per heavy atom. The Morgan fingerprint density at radius 2 is 2.04 bits per heavy atom. The molecule has 1 aromatic rings. The number of ether oxygens (including phenoxy) is 1. The molecule has 1 aromatic carbocycles. The van der Waals surface area contributed by atoms with Crippen molar-refractivity contribution in [3.63, 3.8) is 0 Å². The predicted octanol–water partition coefficient (Wildman–Crippen LogP) is 1.24. The van der Waals surface area contributed by atoms with Crippen LogP contribution in [-0.2, 0) is 14.6 Å². The van der Waals surface area contributed by atoms with Gasteiger partial charge in [0.1, 0.15) is 11.8 Å². The molecule has 2 rings (SSSR count). The first-order valence-corrected chi connectivity index (χ1v) is 11.9. The number of rotatable bonds is 8. The summed E-state index contributed by atoms with van der Waals surface area (Å²) in [7, 11) is -1.66. The molecule has 0 unspecified atom stereocenters. The van der Waals surface area contributed by atoms with Crippen LogP contribution < -0.4 is 15.4 Å². The Hall–Kier alpha value is -1.74. The quantitative estimate of drug-likeness (QED) is 0.664. The molecule has 0 aliphatic carbocycles. The van der Waals surface area contributed by atoms with Crippen LogP contribution in [0.1, 0.15) is 30.1 Å². The van der Waals surface area contributed by atoms with Gasteiger partial charge < -0.3 is 15.4 Å². The maximum absolute atomic E-state index is 12.8. The average Bonchev–Trinajstić information content (AvgIpc) is 2.90. The number of amides is 2. The lowest BCUT2D eigenvalue weighted by Gasteiger charge is -2.27. The maximum atomic E-state index is 12.8. The lowest BCUT2D eigenvalue weighted by molar-refractivity contribution is -0.124. The number of hydrogen-bond donors (Lipinski definition) is 2. The summed E-state index contributed by atoms with van der Waals surface area (Å²) in [6.45, 7) is 1.73. The molecule has 1 aliphatic rings. The van der Waals surface area contributed by atoms with Gasteiger partial charge in [-0.2, -0.15) is 11.8 Å². The van der Waals surface area contributed by atoms with Crippen LogP contribution in [0.15, 0.2) is 24.3 Å². The average molecular weight is 415 g/mol. The van der Waals surface area contributed by atoms with Crippen molar-refractivity contribution in [1.82, 2.24) is 10.6 Å². The molecule has 2 N–H and O–H groups in total. The van der Waals surface area contributed by atoms with Crippen LogP contribution in [0.4, 0.5) is 0 Å². The van der Waals surface area contributed by atoms with E-state index in [9.17, 15) is 18.0 Å². The third-order valence-corrected chi connectivity index (χ3v) is 7.06. The van der Waals surface area contributed by atoms with Gasteiger partial charge in [0.15, 0.2) is 9.84 Å². The number of hydrogen-bond acceptors (Lipinski definition) is 6. The van der Waals surface area contributed by atoms with Crippen molar-refractivity contribution in [3.8, 4) is 5.75 Å². The molecule has 2 amide bonds. The second-order valence-electron chi connectivity index (χ2n) is 6.90. The molecular formula is C18H26N2O5S2. The molecule has 150 valence electrons. The second kappa shape index (κ2) is 8.97. The normalized spacial score (nSPS) is 22.0. The molecule has 1 aliphatic heterocycles. The highest BCUT2D eigenvalue weighted by atomic mass is 32.2. The highest BCUT2D eigenvalue weighted by molar-refractivity contribution is 7.98. The molecule has 1 saturated heterocycles. The van der Waals surface area contributed by atoms with E-state index < -0.39 is 27.3 Å². The molecule has 0 radical (unpaired) electrons. The minimum atomic E-state index is -3.14. The molecule has 1 fully saturated rings. The molecule has 0 bridgehead atoms. The number of benzene rings is 1. The maximum Gasteiger partial charge on any atom is 0.255 e. The van der Waals surface area contributed by atoms with E-state index in [1.165, 1.54) is 7.11 Å². The smallest absolute Gasteiger partial charge is 0.255 e. The third kappa shape index (κ3) is 5.87. The summed E-state index contributed by atoms with van der Waals surface area (Å²) in [6.07, 6.45) is 2.73. The van der Waals surface area contributed by atoms with Crippen LogP contribution >= 0.6 is 11.8 Å². The minimum Gasteiger partial charge on any atom is -0.496 e. The van der Waals surface area contributed by atoms with Crippen LogP contribution in [-0.4, -0.2) is 62.4 Å². The van der Waals surface area contributed by atoms with E-state index in [0.717, 1.165) is 0 Å². The van der Waals surface area contributed by atoms with Crippen molar-refractivity contribution in [2.75, 3.05) is 30.6 Å². The van der Waals surface area contributed by atoms with Crippen LogP contribution in [0.3, 0.4) is 0 Å². The SMILES string of the molecule is COc1ccccc1C(=O)N[C@@H](CCSC)C(=O)N[C@@]1(C)CCS(=O)(=O)C1. The van der Waals surface area contributed by atoms with E-state index in [0.29, 0.717) is 29.9 Å². The van der Waals surface area contributed by atoms with Crippen LogP contribution in [0.25, 0.3) is 0 Å². The van der Waals surface area contributed by atoms with Gasteiger partial charge in [0.05, 0.1) is 29.7 Å². The summed E-state index contributed by atoms with van der Waals surface area (Å²) in [5.74, 6) is 0.311. The van der Waals surface area contributed by atoms with Crippen molar-refractivity contribution >= 4 is 33.4 Å². The fourth-order valence-electron chi connectivity index (χ4n) is 3.07. The fourth-order valence-corrected chi connectivity index (χ4v) is 5.63. The van der Waals surface area contributed by atoms with Gasteiger partial charge in [-0.3, -0.25) is 9.59 Å². The molecule has 9 heteroatoms. The number of para-hydroxylation sites is 1. The largest absolute Gasteiger partial charge is 0.496 e. The van der Waals surface area contributed by atoms with Crippen LogP contribution in [0.2, 0.25) is 0 Å². The van der Waals surface area contributed by atoms with Crippen LogP contribution in [0.5, 0.6) is 5.75 Å². The lowest BCUT2D eigenvalue weighted by Crippen LogP contribution is -2.55. The summed E-state index contributed by atoms with van der Waals surface area (Å²) < 4.78 is 28.7. The Kier molecular flexibility index (Phi) is 7.16. The van der Waals surface area contributed by atoms with E-state index in [1.807, 2.05) is 6.26 Å². The van der Waals surface area contributed by atoms with Gasteiger partial charge in [0, 0.05) is 0 Å².